The molecule has 0 saturated carbocycles. The van der Waals surface area contributed by atoms with Crippen molar-refractivity contribution in [2.24, 2.45) is 0 Å². The molecule has 0 saturated heterocycles. The van der Waals surface area contributed by atoms with Gasteiger partial charge >= 0.3 is 0 Å². The Hall–Kier alpha value is -7.43. The third-order valence-electron chi connectivity index (χ3n) is 10.1. The molecule has 0 amide bonds. The van der Waals surface area contributed by atoms with Crippen LogP contribution in [0.4, 0.5) is 0 Å². The van der Waals surface area contributed by atoms with Gasteiger partial charge < -0.3 is 4.42 Å². The summed E-state index contributed by atoms with van der Waals surface area (Å²) in [5.41, 5.74) is 13.7. The Kier molecular flexibility index (Phi) is 8.12. The highest BCUT2D eigenvalue weighted by molar-refractivity contribution is 6.18. The Labute approximate surface area is 319 Å². The molecule has 0 radical (unpaired) electrons. The van der Waals surface area contributed by atoms with Gasteiger partial charge in [-0.2, -0.15) is 0 Å². The minimum Gasteiger partial charge on any atom is -0.453 e. The summed E-state index contributed by atoms with van der Waals surface area (Å²) in [7, 11) is 0. The van der Waals surface area contributed by atoms with Gasteiger partial charge in [0.25, 0.3) is 0 Å². The van der Waals surface area contributed by atoms with Crippen molar-refractivity contribution in [1.82, 2.24) is 15.0 Å². The molecule has 258 valence electrons. The van der Waals surface area contributed by atoms with E-state index in [0.29, 0.717) is 5.82 Å². The lowest BCUT2D eigenvalue weighted by Crippen LogP contribution is -1.95. The van der Waals surface area contributed by atoms with E-state index in [1.807, 2.05) is 60.7 Å². The highest BCUT2D eigenvalue weighted by Crippen LogP contribution is 2.47. The Morgan fingerprint density at radius 2 is 0.818 bits per heavy atom. The van der Waals surface area contributed by atoms with Crippen molar-refractivity contribution in [1.29, 1.82) is 0 Å². The quantitative estimate of drug-likeness (QED) is 0.166. The summed E-state index contributed by atoms with van der Waals surface area (Å²) >= 11 is 0. The van der Waals surface area contributed by atoms with Crippen molar-refractivity contribution in [2.75, 3.05) is 0 Å². The number of aromatic nitrogens is 3. The van der Waals surface area contributed by atoms with Gasteiger partial charge in [0.2, 0.25) is 0 Å². The second-order valence-corrected chi connectivity index (χ2v) is 13.6. The predicted octanol–water partition coefficient (Wildman–Crippen LogP) is 13.4. The first-order valence-corrected chi connectivity index (χ1v) is 18.4. The molecule has 0 aliphatic heterocycles. The fraction of sp³-hybridized carbons (Fsp3) is 0. The Bertz CT molecular complexity index is 2870. The number of pyridine rings is 1. The van der Waals surface area contributed by atoms with Gasteiger partial charge in [-0.3, -0.25) is 0 Å². The number of fused-ring (bicyclic) bond motifs is 3. The summed E-state index contributed by atoms with van der Waals surface area (Å²) in [5.74, 6) is 1.53. The first-order valence-electron chi connectivity index (χ1n) is 18.4. The molecule has 10 rings (SSSR count). The molecule has 0 aliphatic rings. The Morgan fingerprint density at radius 3 is 1.42 bits per heavy atom. The molecule has 0 N–H and O–H groups in total. The smallest absolute Gasteiger partial charge is 0.162 e. The van der Waals surface area contributed by atoms with E-state index in [0.717, 1.165) is 94.8 Å². The van der Waals surface area contributed by atoms with Crippen molar-refractivity contribution in [2.45, 2.75) is 0 Å². The standard InChI is InChI=1S/C51H33N3O/c1-6-16-35(17-7-1)44-33-45(54-51(53-44)40-24-14-5-15-25-40)36-28-26-34(27-29-36)41-30-31-43-42(32-41)47-46(37-18-8-2-9-19-37)49(39-22-12-4-13-23-39)55-50(47)48(52-43)38-20-10-3-11-21-38/h1-33H. The number of nitrogens with zero attached hydrogens (tertiary/aromatic N) is 3. The van der Waals surface area contributed by atoms with E-state index >= 15 is 0 Å². The van der Waals surface area contributed by atoms with Gasteiger partial charge in [-0.05, 0) is 34.9 Å². The molecular formula is C51H33N3O. The molecule has 0 aliphatic carbocycles. The molecule has 4 heteroatoms. The maximum absolute atomic E-state index is 6.95. The summed E-state index contributed by atoms with van der Waals surface area (Å²) in [6.07, 6.45) is 0. The van der Waals surface area contributed by atoms with Crippen molar-refractivity contribution >= 4 is 21.9 Å². The van der Waals surface area contributed by atoms with Crippen LogP contribution in [0.3, 0.4) is 0 Å². The van der Waals surface area contributed by atoms with E-state index in [-0.39, 0.29) is 0 Å². The molecule has 55 heavy (non-hydrogen) atoms. The Morgan fingerprint density at radius 1 is 0.345 bits per heavy atom. The van der Waals surface area contributed by atoms with E-state index in [1.54, 1.807) is 0 Å². The number of rotatable bonds is 7. The largest absolute Gasteiger partial charge is 0.453 e. The van der Waals surface area contributed by atoms with Crippen LogP contribution in [0.15, 0.2) is 205 Å². The second-order valence-electron chi connectivity index (χ2n) is 13.6. The number of benzene rings is 7. The molecule has 0 unspecified atom stereocenters. The SMILES string of the molecule is c1ccc(-c2cc(-c3ccc(-c4ccc5nc(-c6ccccc6)c6oc(-c7ccccc7)c(-c7ccccc7)c6c5c4)cc3)nc(-c3ccccc3)n2)cc1. The zero-order valence-electron chi connectivity index (χ0n) is 29.8. The zero-order valence-corrected chi connectivity index (χ0v) is 29.8. The van der Waals surface area contributed by atoms with Gasteiger partial charge in [0.15, 0.2) is 11.4 Å². The zero-order chi connectivity index (χ0) is 36.6. The van der Waals surface area contributed by atoms with E-state index in [2.05, 4.69) is 140 Å². The number of hydrogen-bond acceptors (Lipinski definition) is 4. The molecule has 3 heterocycles. The fourth-order valence-electron chi connectivity index (χ4n) is 7.41. The average molecular weight is 704 g/mol. The van der Waals surface area contributed by atoms with Crippen LogP contribution in [0.1, 0.15) is 0 Å². The normalized spacial score (nSPS) is 11.3. The summed E-state index contributed by atoms with van der Waals surface area (Å²) in [4.78, 5) is 15.3. The Balaban J connectivity index is 1.14. The minimum atomic E-state index is 0.700. The van der Waals surface area contributed by atoms with Crippen LogP contribution in [0, 0.1) is 0 Å². The van der Waals surface area contributed by atoms with Crippen molar-refractivity contribution in [3.8, 4) is 78.7 Å². The van der Waals surface area contributed by atoms with Gasteiger partial charge in [0.1, 0.15) is 11.5 Å². The highest BCUT2D eigenvalue weighted by Gasteiger charge is 2.24. The molecule has 0 spiro atoms. The van der Waals surface area contributed by atoms with Gasteiger partial charge in [0.05, 0.1) is 16.9 Å². The van der Waals surface area contributed by atoms with Gasteiger partial charge in [-0.25, -0.2) is 15.0 Å². The van der Waals surface area contributed by atoms with Crippen LogP contribution >= 0.6 is 0 Å². The molecule has 3 aromatic heterocycles. The molecular weight excluding hydrogens is 671 g/mol. The first kappa shape index (κ1) is 32.2. The molecule has 0 atom stereocenters. The third kappa shape index (κ3) is 6.06. The molecule has 0 bridgehead atoms. The van der Waals surface area contributed by atoms with Crippen molar-refractivity contribution in [3.63, 3.8) is 0 Å². The van der Waals surface area contributed by atoms with E-state index < -0.39 is 0 Å². The summed E-state index contributed by atoms with van der Waals surface area (Å²) in [5, 5.41) is 2.09. The van der Waals surface area contributed by atoms with Crippen LogP contribution in [-0.2, 0) is 0 Å². The predicted molar refractivity (Wildman–Crippen MR) is 225 cm³/mol. The first-order chi connectivity index (χ1) is 27.3. The molecule has 10 aromatic rings. The monoisotopic (exact) mass is 703 g/mol. The van der Waals surface area contributed by atoms with Gasteiger partial charge in [-0.15, -0.1) is 0 Å². The third-order valence-corrected chi connectivity index (χ3v) is 10.1. The van der Waals surface area contributed by atoms with Crippen LogP contribution in [-0.4, -0.2) is 15.0 Å². The second kappa shape index (κ2) is 13.8. The summed E-state index contributed by atoms with van der Waals surface area (Å²) < 4.78 is 6.95. The fourth-order valence-corrected chi connectivity index (χ4v) is 7.41. The topological polar surface area (TPSA) is 51.8 Å². The van der Waals surface area contributed by atoms with Gasteiger partial charge in [0, 0.05) is 44.2 Å². The van der Waals surface area contributed by atoms with Crippen molar-refractivity contribution < 1.29 is 4.42 Å². The number of furan rings is 1. The average Bonchev–Trinajstić information content (AvgIpc) is 3.69. The lowest BCUT2D eigenvalue weighted by molar-refractivity contribution is 0.632. The van der Waals surface area contributed by atoms with Crippen molar-refractivity contribution in [3.05, 3.63) is 200 Å². The minimum absolute atomic E-state index is 0.700. The highest BCUT2D eigenvalue weighted by atomic mass is 16.3. The lowest BCUT2D eigenvalue weighted by atomic mass is 9.94. The van der Waals surface area contributed by atoms with E-state index in [1.165, 1.54) is 0 Å². The number of hydrogen-bond donors (Lipinski definition) is 0. The van der Waals surface area contributed by atoms with Crippen LogP contribution in [0.5, 0.6) is 0 Å². The lowest BCUT2D eigenvalue weighted by Gasteiger charge is -2.11. The summed E-state index contributed by atoms with van der Waals surface area (Å²) in [6, 6.07) is 69.0. The van der Waals surface area contributed by atoms with Crippen LogP contribution < -0.4 is 0 Å². The summed E-state index contributed by atoms with van der Waals surface area (Å²) in [6.45, 7) is 0. The molecule has 4 nitrogen and oxygen atoms in total. The maximum Gasteiger partial charge on any atom is 0.162 e. The van der Waals surface area contributed by atoms with E-state index in [4.69, 9.17) is 19.4 Å². The van der Waals surface area contributed by atoms with E-state index in [9.17, 15) is 0 Å². The molecule has 7 aromatic carbocycles. The molecule has 0 fully saturated rings. The van der Waals surface area contributed by atoms with Crippen LogP contribution in [0.2, 0.25) is 0 Å². The van der Waals surface area contributed by atoms with Gasteiger partial charge in [-0.1, -0.05) is 182 Å². The van der Waals surface area contributed by atoms with Crippen LogP contribution in [0.25, 0.3) is 101 Å². The maximum atomic E-state index is 6.95.